The molecule has 190 valence electrons. The molecule has 0 bridgehead atoms. The van der Waals surface area contributed by atoms with Gasteiger partial charge in [-0.25, -0.2) is 9.36 Å². The third-order valence-electron chi connectivity index (χ3n) is 6.69. The predicted molar refractivity (Wildman–Crippen MR) is 134 cm³/mol. The molecule has 36 heavy (non-hydrogen) atoms. The average molecular weight is 495 g/mol. The maximum Gasteiger partial charge on any atom is 0.336 e. The number of aromatic nitrogens is 2. The highest BCUT2D eigenvalue weighted by Gasteiger charge is 2.34. The van der Waals surface area contributed by atoms with Crippen LogP contribution < -0.4 is 22.3 Å². The van der Waals surface area contributed by atoms with Gasteiger partial charge in [-0.05, 0) is 52.7 Å². The number of hydrogen-bond donors (Lipinski definition) is 3. The standard InChI is InChI=1S/C26H30N4O6/c1-14-15(2)21(32)18(16(3)20(14)31)11-12-26(4,36)24(34)28-13-19-22(27)30(17-9-7-6-8-10-17)25(35)29(5)23(19)33/h6-10,36H,11-13,27H2,1-5H3,(H,28,34). The Morgan fingerprint density at radius 2 is 1.58 bits per heavy atom. The van der Waals surface area contributed by atoms with Crippen molar-refractivity contribution in [3.63, 3.8) is 0 Å². The number of nitrogens with one attached hydrogen (secondary N) is 1. The van der Waals surface area contributed by atoms with Gasteiger partial charge in [0.2, 0.25) is 0 Å². The van der Waals surface area contributed by atoms with E-state index in [9.17, 15) is 29.1 Å². The summed E-state index contributed by atoms with van der Waals surface area (Å²) in [6.45, 7) is 5.68. The van der Waals surface area contributed by atoms with Gasteiger partial charge in [0.25, 0.3) is 11.5 Å². The number of nitrogens with zero attached hydrogens (tertiary/aromatic N) is 2. The Bertz CT molecular complexity index is 1440. The zero-order valence-corrected chi connectivity index (χ0v) is 21.0. The Morgan fingerprint density at radius 1 is 1.00 bits per heavy atom. The Balaban J connectivity index is 1.80. The van der Waals surface area contributed by atoms with Crippen LogP contribution in [0.5, 0.6) is 0 Å². The number of nitrogen functional groups attached to an aromatic ring is 1. The Hall–Kier alpha value is -4.05. The van der Waals surface area contributed by atoms with Crippen molar-refractivity contribution >= 4 is 23.3 Å². The van der Waals surface area contributed by atoms with Crippen LogP contribution >= 0.6 is 0 Å². The number of amides is 1. The number of Topliss-reactive ketones (excluding diaryl/α,β-unsaturated/α-hetero) is 2. The van der Waals surface area contributed by atoms with Crippen molar-refractivity contribution in [2.75, 3.05) is 5.73 Å². The molecule has 10 nitrogen and oxygen atoms in total. The van der Waals surface area contributed by atoms with Crippen molar-refractivity contribution in [3.8, 4) is 5.69 Å². The fraction of sp³-hybridized carbons (Fsp3) is 0.346. The second-order valence-electron chi connectivity index (χ2n) is 9.15. The highest BCUT2D eigenvalue weighted by Crippen LogP contribution is 2.29. The summed E-state index contributed by atoms with van der Waals surface area (Å²) in [6, 6.07) is 8.50. The number of benzene rings is 1. The summed E-state index contributed by atoms with van der Waals surface area (Å²) < 4.78 is 2.06. The van der Waals surface area contributed by atoms with Gasteiger partial charge in [0, 0.05) is 29.3 Å². The number of anilines is 1. The highest BCUT2D eigenvalue weighted by atomic mass is 16.3. The van der Waals surface area contributed by atoms with Gasteiger partial charge < -0.3 is 16.2 Å². The highest BCUT2D eigenvalue weighted by molar-refractivity contribution is 6.24. The number of allylic oxidation sites excluding steroid dienone is 4. The van der Waals surface area contributed by atoms with E-state index in [-0.39, 0.29) is 47.9 Å². The van der Waals surface area contributed by atoms with E-state index in [2.05, 4.69) is 5.32 Å². The molecule has 10 heteroatoms. The maximum atomic E-state index is 12.8. The lowest BCUT2D eigenvalue weighted by molar-refractivity contribution is -0.139. The van der Waals surface area contributed by atoms with E-state index >= 15 is 0 Å². The molecule has 3 rings (SSSR count). The first-order chi connectivity index (χ1) is 16.8. The average Bonchev–Trinajstić information content (AvgIpc) is 2.85. The normalized spacial score (nSPS) is 15.8. The first kappa shape index (κ1) is 26.6. The third kappa shape index (κ3) is 4.72. The topological polar surface area (TPSA) is 153 Å². The Kier molecular flexibility index (Phi) is 7.30. The van der Waals surface area contributed by atoms with Crippen LogP contribution in [0.3, 0.4) is 0 Å². The number of rotatable bonds is 7. The quantitative estimate of drug-likeness (QED) is 0.487. The molecule has 0 saturated heterocycles. The van der Waals surface area contributed by atoms with E-state index in [1.807, 2.05) is 0 Å². The Labute approximate surface area is 207 Å². The fourth-order valence-electron chi connectivity index (χ4n) is 4.08. The van der Waals surface area contributed by atoms with Crippen molar-refractivity contribution in [1.82, 2.24) is 14.5 Å². The van der Waals surface area contributed by atoms with Crippen LogP contribution in [-0.2, 0) is 28.0 Å². The van der Waals surface area contributed by atoms with E-state index in [0.29, 0.717) is 22.4 Å². The lowest BCUT2D eigenvalue weighted by atomic mass is 9.82. The largest absolute Gasteiger partial charge is 0.384 e. The molecule has 0 radical (unpaired) electrons. The lowest BCUT2D eigenvalue weighted by Crippen LogP contribution is -2.47. The lowest BCUT2D eigenvalue weighted by Gasteiger charge is -2.25. The van der Waals surface area contributed by atoms with Crippen LogP contribution in [-0.4, -0.2) is 37.3 Å². The van der Waals surface area contributed by atoms with Gasteiger partial charge in [0.15, 0.2) is 11.6 Å². The van der Waals surface area contributed by atoms with Crippen LogP contribution in [0, 0.1) is 0 Å². The van der Waals surface area contributed by atoms with E-state index < -0.39 is 22.8 Å². The van der Waals surface area contributed by atoms with Crippen LogP contribution in [0.2, 0.25) is 0 Å². The van der Waals surface area contributed by atoms with Crippen LogP contribution in [0.15, 0.2) is 62.2 Å². The number of para-hydroxylation sites is 1. The first-order valence-electron chi connectivity index (χ1n) is 11.4. The maximum absolute atomic E-state index is 12.8. The number of hydrogen-bond acceptors (Lipinski definition) is 7. The van der Waals surface area contributed by atoms with Gasteiger partial charge in [0.05, 0.1) is 17.8 Å². The van der Waals surface area contributed by atoms with Gasteiger partial charge in [-0.2, -0.15) is 0 Å². The molecule has 1 heterocycles. The molecule has 1 aromatic heterocycles. The summed E-state index contributed by atoms with van der Waals surface area (Å²) in [4.78, 5) is 63.2. The molecule has 1 aliphatic carbocycles. The number of nitrogens with two attached hydrogens (primary N) is 1. The van der Waals surface area contributed by atoms with E-state index in [1.165, 1.54) is 18.5 Å². The number of carbonyl (C=O) groups excluding carboxylic acids is 3. The third-order valence-corrected chi connectivity index (χ3v) is 6.69. The van der Waals surface area contributed by atoms with Gasteiger partial charge >= 0.3 is 5.69 Å². The van der Waals surface area contributed by atoms with Crippen LogP contribution in [0.25, 0.3) is 5.69 Å². The molecule has 1 aliphatic rings. The van der Waals surface area contributed by atoms with Gasteiger partial charge in [-0.1, -0.05) is 18.2 Å². The molecule has 0 fully saturated rings. The number of carbonyl (C=O) groups is 3. The van der Waals surface area contributed by atoms with Gasteiger partial charge in [-0.3, -0.25) is 23.7 Å². The summed E-state index contributed by atoms with van der Waals surface area (Å²) in [5.74, 6) is -1.43. The summed E-state index contributed by atoms with van der Waals surface area (Å²) >= 11 is 0. The van der Waals surface area contributed by atoms with Crippen LogP contribution in [0.1, 0.15) is 46.1 Å². The van der Waals surface area contributed by atoms with Crippen molar-refractivity contribution in [3.05, 3.63) is 79.0 Å². The van der Waals surface area contributed by atoms with Crippen molar-refractivity contribution in [2.24, 2.45) is 7.05 Å². The van der Waals surface area contributed by atoms with E-state index in [0.717, 1.165) is 4.57 Å². The molecule has 0 saturated carbocycles. The minimum absolute atomic E-state index is 0.0181. The minimum atomic E-state index is -1.91. The molecule has 1 amide bonds. The zero-order chi connectivity index (χ0) is 26.9. The minimum Gasteiger partial charge on any atom is -0.384 e. The molecule has 1 aromatic carbocycles. The summed E-state index contributed by atoms with van der Waals surface area (Å²) in [7, 11) is 1.31. The summed E-state index contributed by atoms with van der Waals surface area (Å²) in [5, 5.41) is 13.3. The summed E-state index contributed by atoms with van der Waals surface area (Å²) in [6.07, 6.45) is -0.113. The summed E-state index contributed by atoms with van der Waals surface area (Å²) in [5.41, 5.74) is 4.69. The SMILES string of the molecule is CC1=C(C)C(=O)C(CCC(C)(O)C(=O)NCc2c(N)n(-c3ccccc3)c(=O)n(C)c2=O)=C(C)C1=O. The predicted octanol–water partition coefficient (Wildman–Crippen LogP) is 1.07. The number of aliphatic hydroxyl groups is 1. The first-order valence-corrected chi connectivity index (χ1v) is 11.4. The Morgan fingerprint density at radius 3 is 2.19 bits per heavy atom. The zero-order valence-electron chi connectivity index (χ0n) is 21.0. The monoisotopic (exact) mass is 494 g/mol. The second kappa shape index (κ2) is 9.90. The fourth-order valence-corrected chi connectivity index (χ4v) is 4.08. The molecule has 1 unspecified atom stereocenters. The van der Waals surface area contributed by atoms with Gasteiger partial charge in [0.1, 0.15) is 11.4 Å². The van der Waals surface area contributed by atoms with E-state index in [1.54, 1.807) is 51.1 Å². The molecule has 0 aliphatic heterocycles. The smallest absolute Gasteiger partial charge is 0.336 e. The van der Waals surface area contributed by atoms with E-state index in [4.69, 9.17) is 5.73 Å². The second-order valence-corrected chi connectivity index (χ2v) is 9.15. The molecular weight excluding hydrogens is 464 g/mol. The van der Waals surface area contributed by atoms with Crippen molar-refractivity contribution < 1.29 is 19.5 Å². The molecule has 1 atom stereocenters. The van der Waals surface area contributed by atoms with Crippen molar-refractivity contribution in [1.29, 1.82) is 0 Å². The molecule has 2 aromatic rings. The number of ketones is 2. The van der Waals surface area contributed by atoms with Crippen molar-refractivity contribution in [2.45, 2.75) is 52.7 Å². The molecule has 0 spiro atoms. The molecular formula is C26H30N4O6. The molecule has 4 N–H and O–H groups in total. The van der Waals surface area contributed by atoms with Gasteiger partial charge in [-0.15, -0.1) is 0 Å². The van der Waals surface area contributed by atoms with Crippen LogP contribution in [0.4, 0.5) is 5.82 Å².